The first-order valence-corrected chi connectivity index (χ1v) is 14.6. The fourth-order valence-electron chi connectivity index (χ4n) is 6.05. The fraction of sp³-hybridized carbons (Fsp3) is 0.960. The summed E-state index contributed by atoms with van der Waals surface area (Å²) in [6.07, 6.45) is -23.8. The molecule has 5 heterocycles. The van der Waals surface area contributed by atoms with E-state index in [2.05, 4.69) is 0 Å². The third-order valence-electron chi connectivity index (χ3n) is 8.63. The van der Waals surface area contributed by atoms with Crippen molar-refractivity contribution in [3.8, 4) is 0 Å². The van der Waals surface area contributed by atoms with E-state index in [9.17, 15) is 55.9 Å². The maximum Gasteiger partial charge on any atom is 0.187 e. The average Bonchev–Trinajstić information content (AvgIpc) is 3.81. The molecule has 45 heavy (non-hydrogen) atoms. The first-order valence-electron chi connectivity index (χ1n) is 14.6. The number of carbonyl (C=O) groups excluding carboxylic acids is 1. The summed E-state index contributed by atoms with van der Waals surface area (Å²) in [5.41, 5.74) is 0. The average molecular weight is 660 g/mol. The summed E-state index contributed by atoms with van der Waals surface area (Å²) in [7, 11) is 0. The van der Waals surface area contributed by atoms with Gasteiger partial charge in [-0.1, -0.05) is 0 Å². The van der Waals surface area contributed by atoms with Crippen molar-refractivity contribution < 1.29 is 99.1 Å². The van der Waals surface area contributed by atoms with Crippen LogP contribution in [0.15, 0.2) is 0 Å². The molecular formula is C25H41NO19. The number of nitrogens with two attached hydrogens (primary N) is 1. The lowest BCUT2D eigenvalue weighted by Gasteiger charge is -2.31. The molecule has 0 spiro atoms. The van der Waals surface area contributed by atoms with Crippen LogP contribution in [0.1, 0.15) is 6.42 Å². The van der Waals surface area contributed by atoms with Gasteiger partial charge in [-0.3, -0.25) is 0 Å². The van der Waals surface area contributed by atoms with E-state index in [1.54, 1.807) is 0 Å². The molecule has 11 N–H and O–H groups in total. The predicted octanol–water partition coefficient (Wildman–Crippen LogP) is -9.71. The van der Waals surface area contributed by atoms with Gasteiger partial charge >= 0.3 is 0 Å². The third-order valence-corrected chi connectivity index (χ3v) is 8.63. The topological polar surface area (TPSA) is 313 Å². The van der Waals surface area contributed by atoms with E-state index in [-0.39, 0.29) is 13.0 Å². The van der Waals surface area contributed by atoms with Gasteiger partial charge in [0.05, 0.1) is 32.4 Å². The maximum absolute atomic E-state index is 11.2. The van der Waals surface area contributed by atoms with Gasteiger partial charge in [0.1, 0.15) is 91.9 Å². The Bertz CT molecular complexity index is 981. The quantitative estimate of drug-likeness (QED) is 0.0877. The highest BCUT2D eigenvalue weighted by molar-refractivity contribution is 5.69. The zero-order valence-corrected chi connectivity index (χ0v) is 23.8. The molecule has 18 atom stereocenters. The number of carbonyl (C=O) groups is 1. The second-order valence-corrected chi connectivity index (χ2v) is 11.5. The maximum atomic E-state index is 11.2. The number of aliphatic carboxylic acids is 1. The van der Waals surface area contributed by atoms with Gasteiger partial charge in [-0.25, -0.2) is 0 Å². The standard InChI is InChI=1S/C25H41NO19/c27-3-9-13(31)17(35)22(39-9)43-19-15(33)11(5-29)41-24(19)45-20-16(34)12(6-30)42-25(20)44-18-14(32)10(4-28)40-23(18)38-7-1-8(21(36)37)26-2-7/h7-20,22-35H,1-6H2,(H,36,37)/t7-,8?,9-,10-,11-,12-,13-,14-,15-,16-,17+,18+,19+,20+,22+,23-,24+,25+/m0/s1. The van der Waals surface area contributed by atoms with Crippen molar-refractivity contribution in [2.45, 2.75) is 117 Å². The summed E-state index contributed by atoms with van der Waals surface area (Å²) in [6.45, 7) is -2.47. The van der Waals surface area contributed by atoms with Crippen LogP contribution in [-0.2, 0) is 42.7 Å². The van der Waals surface area contributed by atoms with Crippen molar-refractivity contribution in [2.24, 2.45) is 0 Å². The predicted molar refractivity (Wildman–Crippen MR) is 133 cm³/mol. The minimum Gasteiger partial charge on any atom is -0.544 e. The van der Waals surface area contributed by atoms with E-state index in [4.69, 9.17) is 37.9 Å². The van der Waals surface area contributed by atoms with Gasteiger partial charge in [0.2, 0.25) is 0 Å². The molecule has 0 aliphatic carbocycles. The number of rotatable bonds is 13. The second-order valence-electron chi connectivity index (χ2n) is 11.5. The molecule has 0 aromatic carbocycles. The SMILES string of the molecule is O=C([O-])C1C[C@H](O[C@H]2O[C@@H](CO)[C@H](O)[C@H]2O[C@H]2O[C@@H](CO)[C@H](O)[C@H]2O[C@H]2O[C@@H](CO)[C@H](O)[C@H]2O[C@H]2O[C@@H](CO)[C@H](O)[C@H]2O)C[NH2+]1. The molecule has 0 bridgehead atoms. The van der Waals surface area contributed by atoms with Crippen molar-refractivity contribution in [1.29, 1.82) is 0 Å². The Hall–Kier alpha value is -1.25. The molecule has 0 radical (unpaired) electrons. The van der Waals surface area contributed by atoms with Crippen LogP contribution in [0.3, 0.4) is 0 Å². The van der Waals surface area contributed by atoms with Crippen molar-refractivity contribution >= 4 is 5.97 Å². The van der Waals surface area contributed by atoms with Crippen molar-refractivity contribution in [3.63, 3.8) is 0 Å². The lowest BCUT2D eigenvalue weighted by atomic mass is 10.1. The van der Waals surface area contributed by atoms with Crippen LogP contribution in [-0.4, -0.2) is 195 Å². The number of quaternary nitrogens is 1. The molecule has 5 aliphatic heterocycles. The summed E-state index contributed by atoms with van der Waals surface area (Å²) in [5, 5.41) is 104. The van der Waals surface area contributed by atoms with Gasteiger partial charge in [0.15, 0.2) is 25.2 Å². The number of carboxylic acid groups (broad SMARTS) is 1. The van der Waals surface area contributed by atoms with Gasteiger partial charge in [0.25, 0.3) is 0 Å². The molecule has 0 aromatic heterocycles. The monoisotopic (exact) mass is 659 g/mol. The van der Waals surface area contributed by atoms with Crippen molar-refractivity contribution in [2.75, 3.05) is 33.0 Å². The number of aliphatic hydroxyl groups is 9. The van der Waals surface area contributed by atoms with Gasteiger partial charge in [-0.2, -0.15) is 0 Å². The Morgan fingerprint density at radius 2 is 0.978 bits per heavy atom. The molecule has 20 nitrogen and oxygen atoms in total. The Kier molecular flexibility index (Phi) is 11.6. The van der Waals surface area contributed by atoms with Crippen LogP contribution in [0, 0.1) is 0 Å². The van der Waals surface area contributed by atoms with E-state index in [0.717, 1.165) is 0 Å². The molecule has 5 rings (SSSR count). The van der Waals surface area contributed by atoms with Crippen LogP contribution in [0.2, 0.25) is 0 Å². The van der Waals surface area contributed by atoms with Crippen LogP contribution in [0.5, 0.6) is 0 Å². The highest BCUT2D eigenvalue weighted by Gasteiger charge is 2.56. The molecular weight excluding hydrogens is 618 g/mol. The first-order chi connectivity index (χ1) is 21.5. The van der Waals surface area contributed by atoms with E-state index in [0.29, 0.717) is 0 Å². The van der Waals surface area contributed by atoms with Crippen LogP contribution >= 0.6 is 0 Å². The normalized spacial score (nSPS) is 50.2. The Balaban J connectivity index is 1.31. The summed E-state index contributed by atoms with van der Waals surface area (Å²) >= 11 is 0. The lowest BCUT2D eigenvalue weighted by molar-refractivity contribution is -0.667. The summed E-state index contributed by atoms with van der Waals surface area (Å²) in [4.78, 5) is 11.2. The highest BCUT2D eigenvalue weighted by Crippen LogP contribution is 2.36. The first kappa shape index (κ1) is 35.1. The molecule has 20 heteroatoms. The molecule has 0 aromatic rings. The molecule has 0 saturated carbocycles. The Morgan fingerprint density at radius 1 is 0.600 bits per heavy atom. The number of hydrogen-bond donors (Lipinski definition) is 10. The Labute approximate surface area is 255 Å². The van der Waals surface area contributed by atoms with Crippen LogP contribution in [0.25, 0.3) is 0 Å². The van der Waals surface area contributed by atoms with E-state index < -0.39 is 143 Å². The van der Waals surface area contributed by atoms with Gasteiger partial charge in [-0.15, -0.1) is 0 Å². The fourth-order valence-corrected chi connectivity index (χ4v) is 6.05. The number of hydrogen-bond acceptors (Lipinski definition) is 19. The lowest BCUT2D eigenvalue weighted by Crippen LogP contribution is -2.90. The van der Waals surface area contributed by atoms with Crippen molar-refractivity contribution in [3.05, 3.63) is 0 Å². The summed E-state index contributed by atoms with van der Waals surface area (Å²) < 4.78 is 45.5. The minimum absolute atomic E-state index is 0.0655. The van der Waals surface area contributed by atoms with E-state index >= 15 is 0 Å². The minimum atomic E-state index is -1.64. The number of carboxylic acids is 1. The van der Waals surface area contributed by atoms with Crippen LogP contribution in [0.4, 0.5) is 0 Å². The van der Waals surface area contributed by atoms with Crippen LogP contribution < -0.4 is 10.4 Å². The summed E-state index contributed by atoms with van der Waals surface area (Å²) in [5.74, 6) is -1.28. The molecule has 5 saturated heterocycles. The zero-order chi connectivity index (χ0) is 32.6. The Morgan fingerprint density at radius 3 is 1.36 bits per heavy atom. The van der Waals surface area contributed by atoms with E-state index in [1.807, 2.05) is 0 Å². The molecule has 5 fully saturated rings. The van der Waals surface area contributed by atoms with Crippen molar-refractivity contribution in [1.82, 2.24) is 0 Å². The number of aliphatic hydroxyl groups excluding tert-OH is 9. The smallest absolute Gasteiger partial charge is 0.187 e. The largest absolute Gasteiger partial charge is 0.544 e. The number of ether oxygens (including phenoxy) is 8. The second kappa shape index (κ2) is 14.9. The van der Waals surface area contributed by atoms with Gasteiger partial charge in [0, 0.05) is 6.42 Å². The van der Waals surface area contributed by atoms with E-state index in [1.165, 1.54) is 5.32 Å². The van der Waals surface area contributed by atoms with Gasteiger partial charge in [-0.05, 0) is 0 Å². The van der Waals surface area contributed by atoms with Gasteiger partial charge < -0.3 is 99.1 Å². The zero-order valence-electron chi connectivity index (χ0n) is 23.8. The highest BCUT2D eigenvalue weighted by atomic mass is 16.8. The molecule has 1 unspecified atom stereocenters. The molecule has 260 valence electrons. The summed E-state index contributed by atoms with van der Waals surface area (Å²) in [6, 6.07) is -0.862. The molecule has 5 aliphatic rings. The molecule has 0 amide bonds. The third kappa shape index (κ3) is 7.13.